The van der Waals surface area contributed by atoms with Gasteiger partial charge in [0, 0.05) is 12.5 Å². The van der Waals surface area contributed by atoms with Gasteiger partial charge in [0.2, 0.25) is 5.91 Å². The summed E-state index contributed by atoms with van der Waals surface area (Å²) in [5.74, 6) is -0.313. The number of rotatable bonds is 8. The summed E-state index contributed by atoms with van der Waals surface area (Å²) in [4.78, 5) is 12.1. The van der Waals surface area contributed by atoms with Gasteiger partial charge >= 0.3 is 6.18 Å². The number of hydrogen-bond acceptors (Lipinski definition) is 4. The van der Waals surface area contributed by atoms with Crippen LogP contribution in [0.4, 0.5) is 17.6 Å². The van der Waals surface area contributed by atoms with Crippen LogP contribution in [0.25, 0.3) is 16.6 Å². The van der Waals surface area contributed by atoms with E-state index in [1.54, 1.807) is 48.1 Å². The van der Waals surface area contributed by atoms with Gasteiger partial charge in [0.25, 0.3) is 0 Å². The van der Waals surface area contributed by atoms with Crippen LogP contribution in [-0.4, -0.2) is 35.4 Å². The molecule has 2 atom stereocenters. The molecule has 37 heavy (non-hydrogen) atoms. The first-order valence-electron chi connectivity index (χ1n) is 11.0. The van der Waals surface area contributed by atoms with E-state index in [2.05, 4.69) is 10.4 Å². The predicted octanol–water partition coefficient (Wildman–Crippen LogP) is 6.09. The topological polar surface area (TPSA) is 65.4 Å². The molecule has 1 heterocycles. The van der Waals surface area contributed by atoms with Crippen molar-refractivity contribution in [3.63, 3.8) is 0 Å². The summed E-state index contributed by atoms with van der Waals surface area (Å²) < 4.78 is 65.1. The number of fused-ring (bicyclic) bond motifs is 1. The number of carbonyl (C=O) groups is 1. The molecule has 4 aromatic rings. The number of aromatic nitrogens is 2. The Bertz CT molecular complexity index is 1340. The van der Waals surface area contributed by atoms with Crippen LogP contribution < -0.4 is 10.1 Å². The van der Waals surface area contributed by atoms with Crippen LogP contribution in [0.5, 0.6) is 5.75 Å². The molecule has 0 saturated heterocycles. The van der Waals surface area contributed by atoms with E-state index in [4.69, 9.17) is 9.47 Å². The number of ether oxygens (including phenoxy) is 2. The average molecular weight is 518 g/mol. The van der Waals surface area contributed by atoms with Crippen LogP contribution in [0.1, 0.15) is 31.6 Å². The molecule has 0 aliphatic heterocycles. The molecule has 0 radical (unpaired) electrons. The van der Waals surface area contributed by atoms with Crippen molar-refractivity contribution < 1.29 is 31.8 Å². The number of amides is 1. The van der Waals surface area contributed by atoms with Gasteiger partial charge in [-0.25, -0.2) is 9.07 Å². The third-order valence-electron chi connectivity index (χ3n) is 5.56. The van der Waals surface area contributed by atoms with Crippen LogP contribution in [0.15, 0.2) is 72.9 Å². The largest absolute Gasteiger partial charge is 0.484 e. The molecule has 0 saturated carbocycles. The summed E-state index contributed by atoms with van der Waals surface area (Å²) in [5, 5.41) is 7.85. The van der Waals surface area contributed by atoms with E-state index in [0.717, 1.165) is 23.0 Å². The fraction of sp³-hybridized carbons (Fsp3) is 0.259. The van der Waals surface area contributed by atoms with Crippen molar-refractivity contribution in [3.8, 4) is 11.4 Å². The maximum Gasteiger partial charge on any atom is 0.416 e. The number of alkyl halides is 3. The van der Waals surface area contributed by atoms with Gasteiger partial charge in [-0.05, 0) is 67.1 Å². The standard InChI is InChI=1S/C26H23F4N3O3.CH4/c1-16(32-24(34)15-35-2)25(17-3-5-19(6-4-17)26(28,29)30)36-22-11-12-23-18(13-22)14-31-33(23)21-9-7-20(27)8-10-21;/h3-14,16,25H,15H2,1-2H3,(H,32,34);1H4/t16-,25-;/m0./s1. The number of hydrogen-bond donors (Lipinski definition) is 1. The van der Waals surface area contributed by atoms with Crippen LogP contribution in [0.3, 0.4) is 0 Å². The Morgan fingerprint density at radius 3 is 2.35 bits per heavy atom. The van der Waals surface area contributed by atoms with Gasteiger partial charge in [-0.2, -0.15) is 18.3 Å². The normalized spacial score (nSPS) is 13.0. The van der Waals surface area contributed by atoms with E-state index in [0.29, 0.717) is 17.0 Å². The van der Waals surface area contributed by atoms with Crippen molar-refractivity contribution in [2.45, 2.75) is 32.7 Å². The van der Waals surface area contributed by atoms with Crippen LogP contribution in [-0.2, 0) is 15.7 Å². The zero-order chi connectivity index (χ0) is 25.9. The fourth-order valence-electron chi connectivity index (χ4n) is 3.84. The molecule has 6 nitrogen and oxygen atoms in total. The van der Waals surface area contributed by atoms with Crippen LogP contribution >= 0.6 is 0 Å². The molecule has 0 fully saturated rings. The molecule has 4 rings (SSSR count). The van der Waals surface area contributed by atoms with Crippen molar-refractivity contribution in [1.29, 1.82) is 0 Å². The highest BCUT2D eigenvalue weighted by Crippen LogP contribution is 2.32. The average Bonchev–Trinajstić information content (AvgIpc) is 3.26. The van der Waals surface area contributed by atoms with Gasteiger partial charge in [-0.15, -0.1) is 0 Å². The summed E-state index contributed by atoms with van der Waals surface area (Å²) in [5.41, 5.74) is 1.10. The third-order valence-corrected chi connectivity index (χ3v) is 5.56. The second kappa shape index (κ2) is 11.4. The highest BCUT2D eigenvalue weighted by Gasteiger charge is 2.31. The van der Waals surface area contributed by atoms with Crippen molar-refractivity contribution in [3.05, 3.63) is 89.9 Å². The molecule has 0 aliphatic carbocycles. The minimum atomic E-state index is -4.47. The summed E-state index contributed by atoms with van der Waals surface area (Å²) in [6, 6.07) is 15.1. The first-order valence-corrected chi connectivity index (χ1v) is 11.0. The molecule has 196 valence electrons. The first-order chi connectivity index (χ1) is 17.2. The van der Waals surface area contributed by atoms with Gasteiger partial charge in [0.1, 0.15) is 24.3 Å². The number of carbonyl (C=O) groups excluding carboxylic acids is 1. The maximum absolute atomic E-state index is 13.3. The summed E-state index contributed by atoms with van der Waals surface area (Å²) >= 11 is 0. The van der Waals surface area contributed by atoms with E-state index in [1.807, 2.05) is 0 Å². The zero-order valence-electron chi connectivity index (χ0n) is 19.4. The second-order valence-electron chi connectivity index (χ2n) is 8.20. The highest BCUT2D eigenvalue weighted by atomic mass is 19.4. The second-order valence-corrected chi connectivity index (χ2v) is 8.20. The predicted molar refractivity (Wildman–Crippen MR) is 132 cm³/mol. The Kier molecular flexibility index (Phi) is 8.54. The van der Waals surface area contributed by atoms with E-state index < -0.39 is 23.9 Å². The summed E-state index contributed by atoms with van der Waals surface area (Å²) in [7, 11) is 1.38. The third kappa shape index (κ3) is 6.45. The van der Waals surface area contributed by atoms with E-state index in [9.17, 15) is 22.4 Å². The molecule has 1 amide bonds. The smallest absolute Gasteiger partial charge is 0.416 e. The highest BCUT2D eigenvalue weighted by molar-refractivity contribution is 5.82. The van der Waals surface area contributed by atoms with Crippen molar-refractivity contribution in [1.82, 2.24) is 15.1 Å². The van der Waals surface area contributed by atoms with Crippen molar-refractivity contribution in [2.75, 3.05) is 13.7 Å². The molecule has 10 heteroatoms. The zero-order valence-corrected chi connectivity index (χ0v) is 19.4. The summed E-state index contributed by atoms with van der Waals surface area (Å²) in [6.07, 6.45) is -3.64. The molecule has 1 N–H and O–H groups in total. The van der Waals surface area contributed by atoms with E-state index in [1.165, 1.54) is 31.4 Å². The maximum atomic E-state index is 13.3. The van der Waals surface area contributed by atoms with Crippen molar-refractivity contribution in [2.24, 2.45) is 0 Å². The lowest BCUT2D eigenvalue weighted by atomic mass is 10.0. The monoisotopic (exact) mass is 517 g/mol. The Hall–Kier alpha value is -3.92. The van der Waals surface area contributed by atoms with E-state index in [-0.39, 0.29) is 25.8 Å². The Morgan fingerprint density at radius 1 is 1.05 bits per heavy atom. The minimum absolute atomic E-state index is 0. The van der Waals surface area contributed by atoms with Crippen LogP contribution in [0, 0.1) is 5.82 Å². The Labute approximate surface area is 211 Å². The van der Waals surface area contributed by atoms with Crippen molar-refractivity contribution >= 4 is 16.8 Å². The lowest BCUT2D eigenvalue weighted by Crippen LogP contribution is -2.40. The summed E-state index contributed by atoms with van der Waals surface area (Å²) in [6.45, 7) is 1.53. The molecular weight excluding hydrogens is 490 g/mol. The lowest BCUT2D eigenvalue weighted by molar-refractivity contribution is -0.137. The minimum Gasteiger partial charge on any atom is -0.484 e. The van der Waals surface area contributed by atoms with Crippen LogP contribution in [0.2, 0.25) is 0 Å². The van der Waals surface area contributed by atoms with E-state index >= 15 is 0 Å². The number of nitrogens with zero attached hydrogens (tertiary/aromatic N) is 2. The van der Waals surface area contributed by atoms with Gasteiger partial charge in [-0.1, -0.05) is 19.6 Å². The number of benzene rings is 3. The van der Waals surface area contributed by atoms with Gasteiger partial charge < -0.3 is 14.8 Å². The number of halogens is 4. The molecule has 0 aliphatic rings. The molecule has 0 unspecified atom stereocenters. The lowest BCUT2D eigenvalue weighted by Gasteiger charge is -2.27. The van der Waals surface area contributed by atoms with Gasteiger partial charge in [0.05, 0.1) is 29.0 Å². The molecular formula is C27H27F4N3O3. The van der Waals surface area contributed by atoms with Gasteiger partial charge in [0.15, 0.2) is 0 Å². The number of methoxy groups -OCH3 is 1. The fourth-order valence-corrected chi connectivity index (χ4v) is 3.84. The van der Waals surface area contributed by atoms with Gasteiger partial charge in [-0.3, -0.25) is 4.79 Å². The number of nitrogens with one attached hydrogen (secondary N) is 1. The Balaban J connectivity index is 0.00000380. The quantitative estimate of drug-likeness (QED) is 0.287. The molecule has 0 spiro atoms. The molecule has 3 aromatic carbocycles. The Morgan fingerprint density at radius 2 is 1.73 bits per heavy atom. The first kappa shape index (κ1) is 27.7. The SMILES string of the molecule is C.COCC(=O)N[C@@H](C)[C@H](Oc1ccc2c(cnn2-c2ccc(F)cc2)c1)c1ccc(C(F)(F)F)cc1. The molecule has 1 aromatic heterocycles. The molecule has 0 bridgehead atoms.